The lowest BCUT2D eigenvalue weighted by molar-refractivity contribution is -0.110. The molecule has 1 N–H and O–H groups in total. The predicted molar refractivity (Wildman–Crippen MR) is 58.7 cm³/mol. The molecule has 1 atom stereocenters. The van der Waals surface area contributed by atoms with Gasteiger partial charge in [-0.2, -0.15) is 0 Å². The van der Waals surface area contributed by atoms with E-state index in [1.54, 1.807) is 0 Å². The lowest BCUT2D eigenvalue weighted by Crippen LogP contribution is -2.23. The van der Waals surface area contributed by atoms with Crippen LogP contribution >= 0.6 is 23.4 Å². The fraction of sp³-hybridized carbons (Fsp3) is 0.300. The fourth-order valence-electron chi connectivity index (χ4n) is 1.62. The van der Waals surface area contributed by atoms with Crippen molar-refractivity contribution in [1.82, 2.24) is 5.32 Å². The van der Waals surface area contributed by atoms with E-state index in [0.29, 0.717) is 0 Å². The number of hydrogen-bond acceptors (Lipinski definition) is 2. The Hall–Kier alpha value is -0.670. The summed E-state index contributed by atoms with van der Waals surface area (Å²) in [4.78, 5) is 11.6. The summed E-state index contributed by atoms with van der Waals surface area (Å²) in [5, 5.41) is 3.54. The molecule has 0 spiro atoms. The van der Waals surface area contributed by atoms with Crippen LogP contribution in [-0.4, -0.2) is 12.2 Å². The minimum absolute atomic E-state index is 0.127. The van der Waals surface area contributed by atoms with E-state index in [4.69, 9.17) is 11.6 Å². The van der Waals surface area contributed by atoms with Crippen molar-refractivity contribution >= 4 is 29.8 Å². The van der Waals surface area contributed by atoms with Gasteiger partial charge in [-0.1, -0.05) is 11.6 Å². The maximum Gasteiger partial charge on any atom is 0.207 e. The van der Waals surface area contributed by atoms with Crippen molar-refractivity contribution in [3.8, 4) is 0 Å². The molecule has 0 fully saturated rings. The van der Waals surface area contributed by atoms with E-state index in [1.807, 2.05) is 30.0 Å². The van der Waals surface area contributed by atoms with Crippen molar-refractivity contribution in [3.63, 3.8) is 0 Å². The summed E-state index contributed by atoms with van der Waals surface area (Å²) >= 11 is 7.73. The van der Waals surface area contributed by atoms with Crippen LogP contribution in [0.25, 0.3) is 0 Å². The second-order valence-corrected chi connectivity index (χ2v) is 4.73. The van der Waals surface area contributed by atoms with Crippen LogP contribution in [0.4, 0.5) is 0 Å². The van der Waals surface area contributed by atoms with Gasteiger partial charge >= 0.3 is 0 Å². The average Bonchev–Trinajstić information content (AvgIpc) is 2.19. The summed E-state index contributed by atoms with van der Waals surface area (Å²) in [5.41, 5.74) is 1.14. The van der Waals surface area contributed by atoms with Gasteiger partial charge in [0.05, 0.1) is 6.04 Å². The molecule has 0 saturated carbocycles. The Labute approximate surface area is 92.0 Å². The van der Waals surface area contributed by atoms with Crippen LogP contribution in [0.2, 0.25) is 5.02 Å². The summed E-state index contributed by atoms with van der Waals surface area (Å²) < 4.78 is 0. The molecule has 2 rings (SSSR count). The number of hydrogen-bond donors (Lipinski definition) is 1. The molecule has 1 aromatic rings. The van der Waals surface area contributed by atoms with E-state index in [0.717, 1.165) is 29.2 Å². The lowest BCUT2D eigenvalue weighted by Gasteiger charge is -2.24. The van der Waals surface area contributed by atoms with Crippen molar-refractivity contribution in [2.45, 2.75) is 17.4 Å². The zero-order chi connectivity index (χ0) is 9.97. The first-order valence-corrected chi connectivity index (χ1v) is 5.79. The molecule has 0 bridgehead atoms. The van der Waals surface area contributed by atoms with Crippen LogP contribution in [-0.2, 0) is 4.79 Å². The maximum absolute atomic E-state index is 10.4. The van der Waals surface area contributed by atoms with E-state index in [9.17, 15) is 4.79 Å². The van der Waals surface area contributed by atoms with E-state index in [-0.39, 0.29) is 6.04 Å². The van der Waals surface area contributed by atoms with Gasteiger partial charge in [0.15, 0.2) is 0 Å². The van der Waals surface area contributed by atoms with E-state index >= 15 is 0 Å². The number of rotatable bonds is 2. The van der Waals surface area contributed by atoms with Gasteiger partial charge in [-0.3, -0.25) is 4.79 Å². The fourth-order valence-corrected chi connectivity index (χ4v) is 2.91. The minimum atomic E-state index is 0.127. The molecular weight excluding hydrogens is 218 g/mol. The molecule has 1 unspecified atom stereocenters. The smallest absolute Gasteiger partial charge is 0.207 e. The number of carbonyl (C=O) groups excluding carboxylic acids is 1. The van der Waals surface area contributed by atoms with Crippen molar-refractivity contribution < 1.29 is 4.79 Å². The highest BCUT2D eigenvalue weighted by molar-refractivity contribution is 7.99. The Bertz CT molecular complexity index is 356. The summed E-state index contributed by atoms with van der Waals surface area (Å²) in [6.45, 7) is 0. The number of amides is 1. The quantitative estimate of drug-likeness (QED) is 0.787. The molecule has 1 amide bonds. The minimum Gasteiger partial charge on any atom is -0.352 e. The third-order valence-corrected chi connectivity index (χ3v) is 3.64. The Morgan fingerprint density at radius 3 is 3.21 bits per heavy atom. The first kappa shape index (κ1) is 9.87. The molecule has 2 nitrogen and oxygen atoms in total. The summed E-state index contributed by atoms with van der Waals surface area (Å²) in [5.74, 6) is 1.04. The largest absolute Gasteiger partial charge is 0.352 e. The zero-order valence-electron chi connectivity index (χ0n) is 7.50. The molecule has 0 aromatic heterocycles. The maximum atomic E-state index is 10.4. The molecule has 14 heavy (non-hydrogen) atoms. The number of fused-ring (bicyclic) bond motifs is 1. The number of carbonyl (C=O) groups is 1. The second kappa shape index (κ2) is 4.24. The van der Waals surface area contributed by atoms with Gasteiger partial charge in [0, 0.05) is 15.7 Å². The third-order valence-electron chi connectivity index (χ3n) is 2.28. The summed E-state index contributed by atoms with van der Waals surface area (Å²) in [6, 6.07) is 5.96. The van der Waals surface area contributed by atoms with Gasteiger partial charge in [0.2, 0.25) is 6.41 Å². The van der Waals surface area contributed by atoms with Crippen LogP contribution in [0.3, 0.4) is 0 Å². The standard InChI is InChI=1S/C10H10ClNOS/c11-7-1-2-10-8(5-7)9(12-6-13)3-4-14-10/h1-2,5-6,9H,3-4H2,(H,12,13). The van der Waals surface area contributed by atoms with Crippen molar-refractivity contribution in [1.29, 1.82) is 0 Å². The molecule has 0 radical (unpaired) electrons. The zero-order valence-corrected chi connectivity index (χ0v) is 9.07. The number of thioether (sulfide) groups is 1. The van der Waals surface area contributed by atoms with Crippen LogP contribution in [0.15, 0.2) is 23.1 Å². The normalized spacial score (nSPS) is 19.9. The van der Waals surface area contributed by atoms with Crippen LogP contribution in [0, 0.1) is 0 Å². The van der Waals surface area contributed by atoms with Gasteiger partial charge in [0.1, 0.15) is 0 Å². The molecule has 4 heteroatoms. The second-order valence-electron chi connectivity index (χ2n) is 3.16. The van der Waals surface area contributed by atoms with Gasteiger partial charge in [0.25, 0.3) is 0 Å². The van der Waals surface area contributed by atoms with Crippen LogP contribution in [0.5, 0.6) is 0 Å². The van der Waals surface area contributed by atoms with Gasteiger partial charge in [-0.05, 0) is 30.2 Å². The molecule has 1 heterocycles. The highest BCUT2D eigenvalue weighted by Crippen LogP contribution is 2.37. The first-order chi connectivity index (χ1) is 6.81. The van der Waals surface area contributed by atoms with Crippen molar-refractivity contribution in [3.05, 3.63) is 28.8 Å². The Morgan fingerprint density at radius 2 is 2.43 bits per heavy atom. The molecule has 1 aromatic carbocycles. The van der Waals surface area contributed by atoms with E-state index in [2.05, 4.69) is 5.32 Å². The summed E-state index contributed by atoms with van der Waals surface area (Å²) in [7, 11) is 0. The molecule has 0 aliphatic carbocycles. The Kier molecular flexibility index (Phi) is 2.99. The number of halogens is 1. The lowest BCUT2D eigenvalue weighted by atomic mass is 10.0. The summed E-state index contributed by atoms with van der Waals surface area (Å²) in [6.07, 6.45) is 1.72. The monoisotopic (exact) mass is 227 g/mol. The molecule has 1 aliphatic rings. The molecule has 0 saturated heterocycles. The van der Waals surface area contributed by atoms with E-state index in [1.165, 1.54) is 4.90 Å². The SMILES string of the molecule is O=CNC1CCSc2ccc(Cl)cc21. The molecule has 74 valence electrons. The van der Waals surface area contributed by atoms with Gasteiger partial charge in [-0.15, -0.1) is 11.8 Å². The number of benzene rings is 1. The highest BCUT2D eigenvalue weighted by atomic mass is 35.5. The van der Waals surface area contributed by atoms with Crippen molar-refractivity contribution in [2.24, 2.45) is 0 Å². The first-order valence-electron chi connectivity index (χ1n) is 4.43. The van der Waals surface area contributed by atoms with E-state index < -0.39 is 0 Å². The van der Waals surface area contributed by atoms with Crippen LogP contribution < -0.4 is 5.32 Å². The van der Waals surface area contributed by atoms with Gasteiger partial charge < -0.3 is 5.32 Å². The topological polar surface area (TPSA) is 29.1 Å². The third kappa shape index (κ3) is 1.88. The highest BCUT2D eigenvalue weighted by Gasteiger charge is 2.19. The number of nitrogens with one attached hydrogen (secondary N) is 1. The Morgan fingerprint density at radius 1 is 1.57 bits per heavy atom. The average molecular weight is 228 g/mol. The molecular formula is C10H10ClNOS. The van der Waals surface area contributed by atoms with Crippen LogP contribution in [0.1, 0.15) is 18.0 Å². The predicted octanol–water partition coefficient (Wildman–Crippen LogP) is 2.62. The van der Waals surface area contributed by atoms with Gasteiger partial charge in [-0.25, -0.2) is 0 Å². The molecule has 1 aliphatic heterocycles. The van der Waals surface area contributed by atoms with Crippen molar-refractivity contribution in [2.75, 3.05) is 5.75 Å². The Balaban J connectivity index is 2.36.